The molecule has 0 atom stereocenters. The van der Waals surface area contributed by atoms with Crippen LogP contribution >= 0.6 is 23.2 Å². The standard InChI is InChI=1S/C12H13Cl2N5/c13-9-3-8(4-10(14)12(9)15)5-18-1-2-19-7-16-17-11(19)6-18/h3-4,7H,1-2,5-6,15H2. The van der Waals surface area contributed by atoms with Crippen molar-refractivity contribution in [1.82, 2.24) is 19.7 Å². The number of aromatic nitrogens is 3. The van der Waals surface area contributed by atoms with Gasteiger partial charge in [0.05, 0.1) is 22.3 Å². The van der Waals surface area contributed by atoms with Crippen LogP contribution in [-0.2, 0) is 19.6 Å². The lowest BCUT2D eigenvalue weighted by Crippen LogP contribution is -2.33. The van der Waals surface area contributed by atoms with Gasteiger partial charge in [-0.2, -0.15) is 0 Å². The van der Waals surface area contributed by atoms with E-state index >= 15 is 0 Å². The van der Waals surface area contributed by atoms with Gasteiger partial charge in [0, 0.05) is 19.6 Å². The zero-order chi connectivity index (χ0) is 13.4. The number of nitrogens with zero attached hydrogens (tertiary/aromatic N) is 4. The number of benzene rings is 1. The van der Waals surface area contributed by atoms with Crippen LogP contribution in [0.4, 0.5) is 5.69 Å². The smallest absolute Gasteiger partial charge is 0.147 e. The van der Waals surface area contributed by atoms with Crippen LogP contribution in [-0.4, -0.2) is 26.2 Å². The highest BCUT2D eigenvalue weighted by molar-refractivity contribution is 6.38. The fourth-order valence-electron chi connectivity index (χ4n) is 2.24. The summed E-state index contributed by atoms with van der Waals surface area (Å²) >= 11 is 12.1. The van der Waals surface area contributed by atoms with Gasteiger partial charge < -0.3 is 10.3 Å². The first kappa shape index (κ1) is 12.7. The third kappa shape index (κ3) is 2.54. The normalized spacial score (nSPS) is 15.5. The third-order valence-corrected chi connectivity index (χ3v) is 3.89. The number of hydrogen-bond donors (Lipinski definition) is 1. The van der Waals surface area contributed by atoms with Crippen molar-refractivity contribution in [3.05, 3.63) is 39.9 Å². The molecular formula is C12H13Cl2N5. The van der Waals surface area contributed by atoms with Crippen molar-refractivity contribution in [3.63, 3.8) is 0 Å². The number of rotatable bonds is 2. The van der Waals surface area contributed by atoms with Crippen LogP contribution in [0.25, 0.3) is 0 Å². The molecule has 1 aliphatic heterocycles. The molecule has 1 aromatic heterocycles. The Kier molecular flexibility index (Phi) is 3.35. The molecule has 1 aromatic carbocycles. The van der Waals surface area contributed by atoms with Crippen LogP contribution in [0, 0.1) is 0 Å². The summed E-state index contributed by atoms with van der Waals surface area (Å²) in [5, 5.41) is 9.01. The average molecular weight is 298 g/mol. The molecule has 7 heteroatoms. The fourth-order valence-corrected chi connectivity index (χ4v) is 2.77. The first-order valence-electron chi connectivity index (χ1n) is 5.96. The number of halogens is 2. The van der Waals surface area contributed by atoms with Gasteiger partial charge in [0.1, 0.15) is 12.2 Å². The van der Waals surface area contributed by atoms with Crippen LogP contribution < -0.4 is 5.73 Å². The molecule has 0 spiro atoms. The van der Waals surface area contributed by atoms with Gasteiger partial charge in [0.2, 0.25) is 0 Å². The molecule has 2 aromatic rings. The van der Waals surface area contributed by atoms with E-state index in [4.69, 9.17) is 28.9 Å². The maximum Gasteiger partial charge on any atom is 0.147 e. The fraction of sp³-hybridized carbons (Fsp3) is 0.333. The summed E-state index contributed by atoms with van der Waals surface area (Å²) in [6, 6.07) is 3.73. The van der Waals surface area contributed by atoms with E-state index in [1.165, 1.54) is 0 Å². The highest BCUT2D eigenvalue weighted by atomic mass is 35.5. The number of anilines is 1. The predicted molar refractivity (Wildman–Crippen MR) is 75.0 cm³/mol. The number of nitrogens with two attached hydrogens (primary N) is 1. The van der Waals surface area contributed by atoms with Crippen LogP contribution in [0.5, 0.6) is 0 Å². The summed E-state index contributed by atoms with van der Waals surface area (Å²) in [4.78, 5) is 2.28. The number of nitrogen functional groups attached to an aromatic ring is 1. The first-order valence-corrected chi connectivity index (χ1v) is 6.71. The van der Waals surface area contributed by atoms with Crippen LogP contribution in [0.3, 0.4) is 0 Å². The number of fused-ring (bicyclic) bond motifs is 1. The Morgan fingerprint density at radius 3 is 2.68 bits per heavy atom. The van der Waals surface area contributed by atoms with Gasteiger partial charge in [0.25, 0.3) is 0 Å². The molecule has 0 radical (unpaired) electrons. The van der Waals surface area contributed by atoms with E-state index in [0.717, 1.165) is 37.6 Å². The molecule has 100 valence electrons. The second-order valence-corrected chi connectivity index (χ2v) is 5.44. The lowest BCUT2D eigenvalue weighted by molar-refractivity contribution is 0.209. The van der Waals surface area contributed by atoms with Crippen LogP contribution in [0.2, 0.25) is 10.0 Å². The SMILES string of the molecule is Nc1c(Cl)cc(CN2CCn3cnnc3C2)cc1Cl. The molecule has 2 N–H and O–H groups in total. The minimum atomic E-state index is 0.436. The van der Waals surface area contributed by atoms with Crippen molar-refractivity contribution < 1.29 is 0 Å². The van der Waals surface area contributed by atoms with Gasteiger partial charge in [-0.25, -0.2) is 0 Å². The Hall–Kier alpha value is -1.30. The van der Waals surface area contributed by atoms with Crippen molar-refractivity contribution in [2.24, 2.45) is 0 Å². The van der Waals surface area contributed by atoms with E-state index in [1.807, 2.05) is 12.1 Å². The van der Waals surface area contributed by atoms with E-state index in [1.54, 1.807) is 6.33 Å². The highest BCUT2D eigenvalue weighted by Gasteiger charge is 2.18. The first-order chi connectivity index (χ1) is 9.13. The highest BCUT2D eigenvalue weighted by Crippen LogP contribution is 2.29. The topological polar surface area (TPSA) is 60.0 Å². The molecule has 1 aliphatic rings. The van der Waals surface area contributed by atoms with E-state index in [0.29, 0.717) is 15.7 Å². The second kappa shape index (κ2) is 5.00. The summed E-state index contributed by atoms with van der Waals surface area (Å²) in [5.74, 6) is 0.985. The Morgan fingerprint density at radius 1 is 1.21 bits per heavy atom. The molecule has 3 rings (SSSR count). The van der Waals surface area contributed by atoms with E-state index in [2.05, 4.69) is 19.7 Å². The third-order valence-electron chi connectivity index (χ3n) is 3.26. The average Bonchev–Trinajstić information content (AvgIpc) is 2.83. The van der Waals surface area contributed by atoms with Gasteiger partial charge in [-0.3, -0.25) is 4.90 Å². The zero-order valence-corrected chi connectivity index (χ0v) is 11.7. The Bertz CT molecular complexity index is 587. The Labute approximate surface area is 120 Å². The van der Waals surface area contributed by atoms with Gasteiger partial charge in [-0.05, 0) is 17.7 Å². The molecular weight excluding hydrogens is 285 g/mol. The summed E-state index contributed by atoms with van der Waals surface area (Å²) in [7, 11) is 0. The number of hydrogen-bond acceptors (Lipinski definition) is 4. The summed E-state index contributed by atoms with van der Waals surface area (Å²) in [5.41, 5.74) is 7.22. The lowest BCUT2D eigenvalue weighted by Gasteiger charge is -2.27. The summed E-state index contributed by atoms with van der Waals surface area (Å²) in [6.45, 7) is 3.40. The molecule has 0 amide bonds. The van der Waals surface area contributed by atoms with E-state index in [-0.39, 0.29) is 0 Å². The molecule has 2 heterocycles. The second-order valence-electron chi connectivity index (χ2n) is 4.62. The predicted octanol–water partition coefficient (Wildman–Crippen LogP) is 2.18. The Morgan fingerprint density at radius 2 is 1.95 bits per heavy atom. The van der Waals surface area contributed by atoms with Crippen molar-refractivity contribution in [2.45, 2.75) is 19.6 Å². The molecule has 0 aliphatic carbocycles. The van der Waals surface area contributed by atoms with Crippen molar-refractivity contribution in [3.8, 4) is 0 Å². The van der Waals surface area contributed by atoms with Gasteiger partial charge in [0.15, 0.2) is 0 Å². The molecule has 0 fully saturated rings. The van der Waals surface area contributed by atoms with E-state index < -0.39 is 0 Å². The zero-order valence-electron chi connectivity index (χ0n) is 10.2. The van der Waals surface area contributed by atoms with Gasteiger partial charge in [-0.1, -0.05) is 23.2 Å². The quantitative estimate of drug-likeness (QED) is 0.863. The van der Waals surface area contributed by atoms with Gasteiger partial charge >= 0.3 is 0 Å². The lowest BCUT2D eigenvalue weighted by atomic mass is 10.2. The van der Waals surface area contributed by atoms with Crippen molar-refractivity contribution >= 4 is 28.9 Å². The molecule has 0 saturated heterocycles. The van der Waals surface area contributed by atoms with Crippen molar-refractivity contribution in [1.29, 1.82) is 0 Å². The van der Waals surface area contributed by atoms with Crippen LogP contribution in [0.15, 0.2) is 18.5 Å². The molecule has 19 heavy (non-hydrogen) atoms. The minimum absolute atomic E-state index is 0.436. The van der Waals surface area contributed by atoms with E-state index in [9.17, 15) is 0 Å². The monoisotopic (exact) mass is 297 g/mol. The maximum atomic E-state index is 6.05. The largest absolute Gasteiger partial charge is 0.396 e. The summed E-state index contributed by atoms with van der Waals surface area (Å²) < 4.78 is 2.07. The molecule has 0 unspecified atom stereocenters. The van der Waals surface area contributed by atoms with Gasteiger partial charge in [-0.15, -0.1) is 10.2 Å². The molecule has 5 nitrogen and oxygen atoms in total. The summed E-state index contributed by atoms with van der Waals surface area (Å²) in [6.07, 6.45) is 1.77. The van der Waals surface area contributed by atoms with Crippen LogP contribution in [0.1, 0.15) is 11.4 Å². The molecule has 0 saturated carbocycles. The van der Waals surface area contributed by atoms with Crippen molar-refractivity contribution in [2.75, 3.05) is 12.3 Å². The maximum absolute atomic E-state index is 6.05. The molecule has 0 bridgehead atoms. The minimum Gasteiger partial charge on any atom is -0.396 e. The Balaban J connectivity index is 1.76.